The van der Waals surface area contributed by atoms with Crippen molar-refractivity contribution in [2.45, 2.75) is 51.3 Å². The van der Waals surface area contributed by atoms with E-state index in [0.29, 0.717) is 25.8 Å². The number of imidazole rings is 1. The minimum Gasteiger partial charge on any atom is -0.458 e. The number of fused-ring (bicyclic) bond motifs is 1. The van der Waals surface area contributed by atoms with Gasteiger partial charge in [0.15, 0.2) is 5.65 Å². The topological polar surface area (TPSA) is 129 Å². The molecule has 2 saturated heterocycles. The van der Waals surface area contributed by atoms with E-state index in [4.69, 9.17) is 14.8 Å². The quantitative estimate of drug-likeness (QED) is 0.188. The summed E-state index contributed by atoms with van der Waals surface area (Å²) in [6.07, 6.45) is 5.06. The molecule has 2 fully saturated rings. The number of carbonyl (C=O) groups excluding carboxylic acids is 3. The van der Waals surface area contributed by atoms with Crippen molar-refractivity contribution in [2.24, 2.45) is 0 Å². The Hall–Kier alpha value is -4.88. The van der Waals surface area contributed by atoms with Crippen molar-refractivity contribution in [3.63, 3.8) is 0 Å². The van der Waals surface area contributed by atoms with E-state index < -0.39 is 6.10 Å². The van der Waals surface area contributed by atoms with Crippen LogP contribution in [0.3, 0.4) is 0 Å². The SMILES string of the molecule is CC(CCC(=O)NC=O)N(C)CC(OC=O)c1ccc(CN2CCN(c3cccc(-c4cnc5ccc(N6CCCC6)nn45)n3)CC2)cc1. The second-order valence-corrected chi connectivity index (χ2v) is 12.9. The Kier molecular flexibility index (Phi) is 11.1. The number of nitrogens with zero attached hydrogens (tertiary/aromatic N) is 8. The molecule has 0 aliphatic carbocycles. The van der Waals surface area contributed by atoms with Crippen LogP contribution >= 0.6 is 0 Å². The molecule has 2 atom stereocenters. The van der Waals surface area contributed by atoms with Crippen LogP contribution < -0.4 is 15.1 Å². The van der Waals surface area contributed by atoms with E-state index in [1.807, 2.05) is 48.9 Å². The van der Waals surface area contributed by atoms with Gasteiger partial charge in [-0.25, -0.2) is 14.5 Å². The number of carbonyl (C=O) groups is 3. The van der Waals surface area contributed by atoms with Gasteiger partial charge >= 0.3 is 0 Å². The summed E-state index contributed by atoms with van der Waals surface area (Å²) >= 11 is 0. The number of ether oxygens (including phenoxy) is 1. The summed E-state index contributed by atoms with van der Waals surface area (Å²) in [5.74, 6) is 1.63. The van der Waals surface area contributed by atoms with E-state index in [1.165, 1.54) is 18.4 Å². The van der Waals surface area contributed by atoms with E-state index in [9.17, 15) is 14.4 Å². The van der Waals surface area contributed by atoms with Crippen LogP contribution in [0.2, 0.25) is 0 Å². The molecule has 2 aliphatic rings. The number of amides is 2. The summed E-state index contributed by atoms with van der Waals surface area (Å²) in [7, 11) is 1.94. The molecule has 6 rings (SSSR count). The number of benzene rings is 1. The standard InChI is InChI=1S/C36H45N9O4/c1-27(8-15-36(48)38-25-46)41(2)24-32(49-26-47)29-11-9-28(10-12-29)23-42-18-20-44(21-19-42)34-7-5-6-30(39-34)31-22-37-33-13-14-35(40-45(31)33)43-16-3-4-17-43/h5-7,9-14,22,25-27,32H,3-4,8,15-21,23-24H2,1-2H3,(H,38,46,48). The molecular weight excluding hydrogens is 622 g/mol. The lowest BCUT2D eigenvalue weighted by atomic mass is 10.0. The Labute approximate surface area is 286 Å². The van der Waals surface area contributed by atoms with Gasteiger partial charge in [-0.05, 0) is 68.6 Å². The number of nitrogens with one attached hydrogen (secondary N) is 1. The maximum absolute atomic E-state index is 11.7. The first-order valence-electron chi connectivity index (χ1n) is 17.1. The molecule has 13 nitrogen and oxygen atoms in total. The van der Waals surface area contributed by atoms with Gasteiger partial charge in [-0.3, -0.25) is 29.5 Å². The van der Waals surface area contributed by atoms with Crippen LogP contribution in [0.15, 0.2) is 60.8 Å². The van der Waals surface area contributed by atoms with Crippen LogP contribution in [0, 0.1) is 0 Å². The van der Waals surface area contributed by atoms with Crippen molar-refractivity contribution in [1.29, 1.82) is 0 Å². The molecule has 13 heteroatoms. The molecule has 0 radical (unpaired) electrons. The summed E-state index contributed by atoms with van der Waals surface area (Å²) in [6, 6.07) is 18.5. The van der Waals surface area contributed by atoms with Crippen LogP contribution in [0.25, 0.3) is 17.0 Å². The summed E-state index contributed by atoms with van der Waals surface area (Å²) < 4.78 is 7.37. The Bertz CT molecular complexity index is 1720. The fraction of sp³-hybridized carbons (Fsp3) is 0.444. The zero-order valence-electron chi connectivity index (χ0n) is 28.3. The molecule has 258 valence electrons. The van der Waals surface area contributed by atoms with Gasteiger partial charge in [0.25, 0.3) is 6.47 Å². The second-order valence-electron chi connectivity index (χ2n) is 12.9. The highest BCUT2D eigenvalue weighted by Crippen LogP contribution is 2.25. The predicted octanol–water partition coefficient (Wildman–Crippen LogP) is 3.30. The first kappa shape index (κ1) is 34.0. The molecule has 5 heterocycles. The number of pyridine rings is 1. The third-order valence-corrected chi connectivity index (χ3v) is 9.66. The maximum Gasteiger partial charge on any atom is 0.293 e. The van der Waals surface area contributed by atoms with Crippen molar-refractivity contribution in [1.82, 2.24) is 34.7 Å². The molecule has 1 aromatic carbocycles. The van der Waals surface area contributed by atoms with Crippen LogP contribution in [0.1, 0.15) is 49.8 Å². The molecule has 2 unspecified atom stereocenters. The summed E-state index contributed by atoms with van der Waals surface area (Å²) in [5.41, 5.74) is 4.67. The molecule has 2 amide bonds. The number of piperazine rings is 1. The molecule has 0 spiro atoms. The molecule has 0 saturated carbocycles. The van der Waals surface area contributed by atoms with Crippen molar-refractivity contribution in [3.8, 4) is 11.4 Å². The molecule has 1 N–H and O–H groups in total. The van der Waals surface area contributed by atoms with E-state index in [2.05, 4.69) is 60.2 Å². The largest absolute Gasteiger partial charge is 0.458 e. The number of imide groups is 1. The van der Waals surface area contributed by atoms with Crippen LogP contribution in [-0.4, -0.2) is 107 Å². The Morgan fingerprint density at radius 3 is 2.45 bits per heavy atom. The first-order valence-corrected chi connectivity index (χ1v) is 17.1. The van der Waals surface area contributed by atoms with Crippen LogP contribution in [0.4, 0.5) is 11.6 Å². The predicted molar refractivity (Wildman–Crippen MR) is 187 cm³/mol. The van der Waals surface area contributed by atoms with Gasteiger partial charge in [0.05, 0.1) is 11.9 Å². The van der Waals surface area contributed by atoms with Gasteiger partial charge in [-0.1, -0.05) is 30.3 Å². The van der Waals surface area contributed by atoms with Crippen molar-refractivity contribution >= 4 is 36.1 Å². The van der Waals surface area contributed by atoms with Crippen LogP contribution in [-0.2, 0) is 25.7 Å². The van der Waals surface area contributed by atoms with Crippen molar-refractivity contribution in [3.05, 3.63) is 71.9 Å². The van der Waals surface area contributed by atoms with Gasteiger partial charge in [0.2, 0.25) is 12.3 Å². The minimum absolute atomic E-state index is 0.0570. The highest BCUT2D eigenvalue weighted by atomic mass is 16.5. The lowest BCUT2D eigenvalue weighted by molar-refractivity contribution is -0.135. The number of hydrogen-bond acceptors (Lipinski definition) is 11. The Morgan fingerprint density at radius 2 is 1.71 bits per heavy atom. The van der Waals surface area contributed by atoms with Gasteiger partial charge in [0.1, 0.15) is 23.4 Å². The van der Waals surface area contributed by atoms with Gasteiger partial charge < -0.3 is 14.5 Å². The maximum atomic E-state index is 11.7. The lowest BCUT2D eigenvalue weighted by Gasteiger charge is -2.35. The second kappa shape index (κ2) is 16.0. The smallest absolute Gasteiger partial charge is 0.293 e. The van der Waals surface area contributed by atoms with Gasteiger partial charge in [-0.2, -0.15) is 0 Å². The van der Waals surface area contributed by atoms with Gasteiger partial charge in [0, 0.05) is 64.8 Å². The zero-order chi connectivity index (χ0) is 34.2. The summed E-state index contributed by atoms with van der Waals surface area (Å²) in [4.78, 5) is 52.3. The molecule has 49 heavy (non-hydrogen) atoms. The number of aromatic nitrogens is 4. The van der Waals surface area contributed by atoms with E-state index >= 15 is 0 Å². The number of anilines is 2. The number of rotatable bonds is 15. The molecule has 3 aromatic heterocycles. The molecule has 2 aliphatic heterocycles. The highest BCUT2D eigenvalue weighted by molar-refractivity contribution is 5.85. The van der Waals surface area contributed by atoms with Crippen LogP contribution in [0.5, 0.6) is 0 Å². The van der Waals surface area contributed by atoms with Crippen molar-refractivity contribution < 1.29 is 19.1 Å². The van der Waals surface area contributed by atoms with Gasteiger partial charge in [-0.15, -0.1) is 5.10 Å². The number of likely N-dealkylation sites (N-methyl/N-ethyl adjacent to an activating group) is 1. The lowest BCUT2D eigenvalue weighted by Crippen LogP contribution is -2.46. The third kappa shape index (κ3) is 8.41. The average molecular weight is 668 g/mol. The minimum atomic E-state index is -0.432. The van der Waals surface area contributed by atoms with Crippen molar-refractivity contribution in [2.75, 3.05) is 62.7 Å². The summed E-state index contributed by atoms with van der Waals surface area (Å²) in [6.45, 7) is 9.44. The third-order valence-electron chi connectivity index (χ3n) is 9.66. The fourth-order valence-corrected chi connectivity index (χ4v) is 6.56. The zero-order valence-corrected chi connectivity index (χ0v) is 28.3. The monoisotopic (exact) mass is 667 g/mol. The Morgan fingerprint density at radius 1 is 0.959 bits per heavy atom. The van der Waals surface area contributed by atoms with E-state index in [1.54, 1.807) is 0 Å². The van der Waals surface area contributed by atoms with E-state index in [-0.39, 0.29) is 18.4 Å². The Balaban J connectivity index is 1.03. The summed E-state index contributed by atoms with van der Waals surface area (Å²) in [5, 5.41) is 7.09. The molecule has 0 bridgehead atoms. The first-order chi connectivity index (χ1) is 23.9. The molecular formula is C36H45N9O4. The van der Waals surface area contributed by atoms with E-state index in [0.717, 1.165) is 80.0 Å². The fourth-order valence-electron chi connectivity index (χ4n) is 6.56. The highest BCUT2D eigenvalue weighted by Gasteiger charge is 2.22. The molecule has 4 aromatic rings. The normalized spacial score (nSPS) is 16.6. The average Bonchev–Trinajstić information content (AvgIpc) is 3.82. The number of hydrogen-bond donors (Lipinski definition) is 1.